The van der Waals surface area contributed by atoms with E-state index in [4.69, 9.17) is 16.3 Å². The fraction of sp³-hybridized carbons (Fsp3) is 0.0800. The minimum Gasteiger partial charge on any atom is -0.488 e. The van der Waals surface area contributed by atoms with Crippen LogP contribution in [0.15, 0.2) is 76.8 Å². The molecule has 1 aliphatic heterocycles. The zero-order chi connectivity index (χ0) is 23.5. The Bertz CT molecular complexity index is 1270. The van der Waals surface area contributed by atoms with Crippen LogP contribution in [-0.2, 0) is 16.2 Å². The zero-order valence-electron chi connectivity index (χ0n) is 17.5. The van der Waals surface area contributed by atoms with Gasteiger partial charge in [0.05, 0.1) is 5.69 Å². The third kappa shape index (κ3) is 5.16. The first-order valence-electron chi connectivity index (χ1n) is 9.97. The lowest BCUT2D eigenvalue weighted by Crippen LogP contribution is -2.54. The van der Waals surface area contributed by atoms with Gasteiger partial charge in [0, 0.05) is 15.1 Å². The maximum absolute atomic E-state index is 13.1. The van der Waals surface area contributed by atoms with E-state index < -0.39 is 17.8 Å². The average molecular weight is 526 g/mol. The Kier molecular flexibility index (Phi) is 6.62. The summed E-state index contributed by atoms with van der Waals surface area (Å²) in [7, 11) is 0. The molecular weight excluding hydrogens is 508 g/mol. The van der Waals surface area contributed by atoms with Crippen LogP contribution in [0.1, 0.15) is 16.7 Å². The van der Waals surface area contributed by atoms with Gasteiger partial charge in [-0.3, -0.25) is 14.9 Å². The highest BCUT2D eigenvalue weighted by atomic mass is 79.9. The van der Waals surface area contributed by atoms with Gasteiger partial charge in [0.2, 0.25) is 0 Å². The van der Waals surface area contributed by atoms with E-state index in [1.54, 1.807) is 42.5 Å². The van der Waals surface area contributed by atoms with Crippen molar-refractivity contribution < 1.29 is 19.1 Å². The Hall–Kier alpha value is -3.42. The van der Waals surface area contributed by atoms with E-state index >= 15 is 0 Å². The minimum atomic E-state index is -0.802. The second-order valence-corrected chi connectivity index (χ2v) is 8.74. The first-order valence-corrected chi connectivity index (χ1v) is 11.1. The lowest BCUT2D eigenvalue weighted by Gasteiger charge is -2.26. The van der Waals surface area contributed by atoms with Crippen molar-refractivity contribution >= 4 is 57.1 Å². The van der Waals surface area contributed by atoms with Gasteiger partial charge < -0.3 is 4.74 Å². The third-order valence-corrected chi connectivity index (χ3v) is 5.74. The van der Waals surface area contributed by atoms with E-state index in [0.29, 0.717) is 22.0 Å². The van der Waals surface area contributed by atoms with Crippen LogP contribution in [-0.4, -0.2) is 17.8 Å². The molecule has 3 aromatic carbocycles. The summed E-state index contributed by atoms with van der Waals surface area (Å²) in [6.07, 6.45) is 1.38. The monoisotopic (exact) mass is 524 g/mol. The molecule has 1 saturated heterocycles. The highest BCUT2D eigenvalue weighted by Crippen LogP contribution is 2.28. The Balaban J connectivity index is 1.66. The first kappa shape index (κ1) is 22.8. The van der Waals surface area contributed by atoms with Crippen molar-refractivity contribution in [3.05, 3.63) is 98.5 Å². The summed E-state index contributed by atoms with van der Waals surface area (Å²) < 4.78 is 6.89. The van der Waals surface area contributed by atoms with Gasteiger partial charge in [-0.1, -0.05) is 57.4 Å². The maximum Gasteiger partial charge on any atom is 0.335 e. The topological polar surface area (TPSA) is 75.7 Å². The van der Waals surface area contributed by atoms with Crippen LogP contribution in [0.2, 0.25) is 5.02 Å². The van der Waals surface area contributed by atoms with Crippen molar-refractivity contribution in [2.24, 2.45) is 0 Å². The van der Waals surface area contributed by atoms with Gasteiger partial charge in [0.15, 0.2) is 0 Å². The number of barbiturate groups is 1. The first-order chi connectivity index (χ1) is 15.8. The molecule has 1 fully saturated rings. The van der Waals surface area contributed by atoms with Crippen molar-refractivity contribution in [2.45, 2.75) is 13.5 Å². The number of rotatable bonds is 5. The number of nitrogens with zero attached hydrogens (tertiary/aromatic N) is 1. The standard InChI is InChI=1S/C25H18BrClN2O4/c1-15-2-9-20(10-3-15)29-24(31)21(23(30)28-25(29)32)13-17-12-19(27)8-11-22(17)33-14-16-4-6-18(26)7-5-16/h2-13H,14H2,1H3,(H,28,30,32)/b21-13+. The Morgan fingerprint density at radius 1 is 1.00 bits per heavy atom. The highest BCUT2D eigenvalue weighted by molar-refractivity contribution is 9.10. The molecule has 3 aromatic rings. The number of hydrogen-bond acceptors (Lipinski definition) is 4. The van der Waals surface area contributed by atoms with E-state index in [2.05, 4.69) is 21.2 Å². The summed E-state index contributed by atoms with van der Waals surface area (Å²) in [4.78, 5) is 39.0. The van der Waals surface area contributed by atoms with Crippen molar-refractivity contribution in [2.75, 3.05) is 4.90 Å². The van der Waals surface area contributed by atoms with Crippen LogP contribution < -0.4 is 15.0 Å². The number of ether oxygens (including phenoxy) is 1. The number of hydrogen-bond donors (Lipinski definition) is 1. The van der Waals surface area contributed by atoms with Crippen molar-refractivity contribution in [1.82, 2.24) is 5.32 Å². The number of carbonyl (C=O) groups is 3. The van der Waals surface area contributed by atoms with Crippen molar-refractivity contribution in [1.29, 1.82) is 0 Å². The molecule has 1 heterocycles. The summed E-state index contributed by atoms with van der Waals surface area (Å²) in [5, 5.41) is 2.63. The molecule has 166 valence electrons. The summed E-state index contributed by atoms with van der Waals surface area (Å²) in [6.45, 7) is 2.17. The van der Waals surface area contributed by atoms with Crippen LogP contribution in [0.5, 0.6) is 5.75 Å². The van der Waals surface area contributed by atoms with Gasteiger partial charge in [-0.15, -0.1) is 0 Å². The Morgan fingerprint density at radius 3 is 2.39 bits per heavy atom. The van der Waals surface area contributed by atoms with Gasteiger partial charge in [-0.25, -0.2) is 9.69 Å². The summed E-state index contributed by atoms with van der Waals surface area (Å²) in [5.74, 6) is -1.08. The molecule has 4 rings (SSSR count). The molecule has 0 spiro atoms. The largest absolute Gasteiger partial charge is 0.488 e. The fourth-order valence-electron chi connectivity index (χ4n) is 3.25. The predicted molar refractivity (Wildman–Crippen MR) is 130 cm³/mol. The van der Waals surface area contributed by atoms with Gasteiger partial charge >= 0.3 is 6.03 Å². The predicted octanol–water partition coefficient (Wildman–Crippen LogP) is 5.66. The minimum absolute atomic E-state index is 0.203. The number of aryl methyl sites for hydroxylation is 1. The Morgan fingerprint density at radius 2 is 1.70 bits per heavy atom. The van der Waals surface area contributed by atoms with E-state index in [0.717, 1.165) is 20.5 Å². The van der Waals surface area contributed by atoms with Crippen LogP contribution in [0.4, 0.5) is 10.5 Å². The van der Waals surface area contributed by atoms with E-state index in [1.165, 1.54) is 6.08 Å². The quantitative estimate of drug-likeness (QED) is 0.345. The molecular formula is C25H18BrClN2O4. The number of halogens is 2. The zero-order valence-corrected chi connectivity index (χ0v) is 19.8. The molecule has 0 unspecified atom stereocenters. The molecule has 1 N–H and O–H groups in total. The lowest BCUT2D eigenvalue weighted by atomic mass is 10.1. The molecule has 0 aliphatic carbocycles. The number of urea groups is 1. The molecule has 0 saturated carbocycles. The molecule has 0 bridgehead atoms. The second-order valence-electron chi connectivity index (χ2n) is 7.39. The van der Waals surface area contributed by atoms with E-state index in [1.807, 2.05) is 31.2 Å². The molecule has 0 aromatic heterocycles. The number of benzene rings is 3. The smallest absolute Gasteiger partial charge is 0.335 e. The number of carbonyl (C=O) groups excluding carboxylic acids is 3. The van der Waals surface area contributed by atoms with Crippen molar-refractivity contribution in [3.8, 4) is 5.75 Å². The summed E-state index contributed by atoms with van der Waals surface area (Å²) >= 11 is 9.56. The highest BCUT2D eigenvalue weighted by Gasteiger charge is 2.37. The normalized spacial score (nSPS) is 15.1. The van der Waals surface area contributed by atoms with Crippen LogP contribution in [0.25, 0.3) is 6.08 Å². The number of amides is 4. The van der Waals surface area contributed by atoms with Crippen LogP contribution >= 0.6 is 27.5 Å². The van der Waals surface area contributed by atoms with Gasteiger partial charge in [-0.05, 0) is 61.0 Å². The lowest BCUT2D eigenvalue weighted by molar-refractivity contribution is -0.122. The molecule has 6 nitrogen and oxygen atoms in total. The summed E-state index contributed by atoms with van der Waals surface area (Å²) in [6, 6.07) is 18.6. The van der Waals surface area contributed by atoms with Crippen LogP contribution in [0.3, 0.4) is 0 Å². The summed E-state index contributed by atoms with van der Waals surface area (Å²) in [5.41, 5.74) is 2.51. The van der Waals surface area contributed by atoms with Crippen molar-refractivity contribution in [3.63, 3.8) is 0 Å². The molecule has 0 atom stereocenters. The Labute approximate surface area is 203 Å². The maximum atomic E-state index is 13.1. The van der Waals surface area contributed by atoms with Gasteiger partial charge in [-0.2, -0.15) is 0 Å². The number of anilines is 1. The molecule has 0 radical (unpaired) electrons. The second kappa shape index (κ2) is 9.60. The van der Waals surface area contributed by atoms with E-state index in [-0.39, 0.29) is 12.2 Å². The van der Waals surface area contributed by atoms with E-state index in [9.17, 15) is 14.4 Å². The number of imide groups is 2. The third-order valence-electron chi connectivity index (χ3n) is 4.97. The SMILES string of the molecule is Cc1ccc(N2C(=O)NC(=O)/C(=C\c3cc(Cl)ccc3OCc3ccc(Br)cc3)C2=O)cc1. The van der Waals surface area contributed by atoms with Crippen LogP contribution in [0, 0.1) is 6.92 Å². The average Bonchev–Trinajstić information content (AvgIpc) is 2.78. The fourth-order valence-corrected chi connectivity index (χ4v) is 3.69. The molecule has 8 heteroatoms. The van der Waals surface area contributed by atoms with Gasteiger partial charge in [0.25, 0.3) is 11.8 Å². The molecule has 1 aliphatic rings. The molecule has 4 amide bonds. The van der Waals surface area contributed by atoms with Gasteiger partial charge in [0.1, 0.15) is 17.9 Å². The number of nitrogens with one attached hydrogen (secondary N) is 1. The molecule has 33 heavy (non-hydrogen) atoms.